The average molecular weight is 362 g/mol. The van der Waals surface area contributed by atoms with Crippen LogP contribution in [0.2, 0.25) is 0 Å². The number of aromatic amines is 1. The van der Waals surface area contributed by atoms with Crippen molar-refractivity contribution < 1.29 is 9.59 Å². The molecule has 0 unspecified atom stereocenters. The normalized spacial score (nSPS) is 20.1. The summed E-state index contributed by atoms with van der Waals surface area (Å²) in [6, 6.07) is -0.265. The van der Waals surface area contributed by atoms with Crippen LogP contribution < -0.4 is 10.6 Å². The van der Waals surface area contributed by atoms with Crippen LogP contribution in [0.1, 0.15) is 51.3 Å². The second-order valence-corrected chi connectivity index (χ2v) is 7.87. The number of H-pyrrole nitrogens is 1. The number of rotatable bonds is 4. The lowest BCUT2D eigenvalue weighted by Crippen LogP contribution is -2.46. The van der Waals surface area contributed by atoms with Gasteiger partial charge in [0.1, 0.15) is 0 Å². The Morgan fingerprint density at radius 1 is 1.31 bits per heavy atom. The van der Waals surface area contributed by atoms with Gasteiger partial charge in [0, 0.05) is 18.0 Å². The summed E-state index contributed by atoms with van der Waals surface area (Å²) >= 11 is 0. The molecule has 8 heteroatoms. The van der Waals surface area contributed by atoms with Gasteiger partial charge in [-0.15, -0.1) is 0 Å². The van der Waals surface area contributed by atoms with E-state index in [9.17, 15) is 9.59 Å². The molecule has 1 aromatic rings. The zero-order valence-electron chi connectivity index (χ0n) is 16.2. The van der Waals surface area contributed by atoms with E-state index in [1.54, 1.807) is 0 Å². The fourth-order valence-corrected chi connectivity index (χ4v) is 3.84. The number of aromatic nitrogens is 2. The van der Waals surface area contributed by atoms with E-state index in [0.717, 1.165) is 43.6 Å². The molecule has 0 atom stereocenters. The predicted molar refractivity (Wildman–Crippen MR) is 99.7 cm³/mol. The molecule has 0 aliphatic carbocycles. The molecule has 0 spiro atoms. The topological polar surface area (TPSA) is 93.4 Å². The maximum absolute atomic E-state index is 13.1. The molecule has 0 saturated carbocycles. The lowest BCUT2D eigenvalue weighted by Gasteiger charge is -2.37. The fraction of sp³-hybridized carbons (Fsp3) is 0.722. The van der Waals surface area contributed by atoms with Crippen LogP contribution in [0.25, 0.3) is 0 Å². The average Bonchev–Trinajstić information content (AvgIpc) is 3.12. The Labute approximate surface area is 154 Å². The molecule has 8 nitrogen and oxygen atoms in total. The molecule has 3 rings (SSSR count). The lowest BCUT2D eigenvalue weighted by molar-refractivity contribution is -0.142. The summed E-state index contributed by atoms with van der Waals surface area (Å²) in [4.78, 5) is 29.3. The van der Waals surface area contributed by atoms with Crippen LogP contribution in [0.4, 0.5) is 10.6 Å². The smallest absolute Gasteiger partial charge is 0.320 e. The summed E-state index contributed by atoms with van der Waals surface area (Å²) in [6.07, 6.45) is 2.68. The molecular formula is C18H30N6O2. The van der Waals surface area contributed by atoms with Crippen molar-refractivity contribution in [2.75, 3.05) is 32.0 Å². The number of piperidine rings is 1. The highest BCUT2D eigenvalue weighted by atomic mass is 16.2. The first kappa shape index (κ1) is 18.7. The van der Waals surface area contributed by atoms with Gasteiger partial charge in [-0.3, -0.25) is 15.2 Å². The first-order valence-electron chi connectivity index (χ1n) is 9.47. The van der Waals surface area contributed by atoms with E-state index in [2.05, 4.69) is 32.8 Å². The molecule has 1 saturated heterocycles. The van der Waals surface area contributed by atoms with Crippen molar-refractivity contribution in [1.29, 1.82) is 0 Å². The molecule has 0 bridgehead atoms. The number of urea groups is 1. The van der Waals surface area contributed by atoms with Gasteiger partial charge in [-0.25, -0.2) is 4.79 Å². The summed E-state index contributed by atoms with van der Waals surface area (Å²) < 4.78 is 0. The molecular weight excluding hydrogens is 332 g/mol. The SMILES string of the molecule is CCCNC(=O)Nc1n[nH]c2c1CN(C(=O)C1CCN(C)CC1)C2(C)C. The van der Waals surface area contributed by atoms with Gasteiger partial charge < -0.3 is 15.1 Å². The van der Waals surface area contributed by atoms with E-state index in [-0.39, 0.29) is 17.9 Å². The Kier molecular flexibility index (Phi) is 5.22. The number of nitrogens with zero attached hydrogens (tertiary/aromatic N) is 3. The maximum atomic E-state index is 13.1. The van der Waals surface area contributed by atoms with Crippen LogP contribution in [0, 0.1) is 5.92 Å². The van der Waals surface area contributed by atoms with E-state index in [1.165, 1.54) is 0 Å². The Morgan fingerprint density at radius 2 is 2.00 bits per heavy atom. The number of hydrogen-bond donors (Lipinski definition) is 3. The van der Waals surface area contributed by atoms with E-state index in [1.807, 2.05) is 25.7 Å². The number of nitrogens with one attached hydrogen (secondary N) is 3. The molecule has 3 amide bonds. The first-order valence-corrected chi connectivity index (χ1v) is 9.47. The van der Waals surface area contributed by atoms with Crippen LogP contribution in [0.15, 0.2) is 0 Å². The summed E-state index contributed by atoms with van der Waals surface area (Å²) in [7, 11) is 2.10. The van der Waals surface area contributed by atoms with Gasteiger partial charge >= 0.3 is 6.03 Å². The highest BCUT2D eigenvalue weighted by molar-refractivity contribution is 5.89. The fourth-order valence-electron chi connectivity index (χ4n) is 3.84. The number of amides is 3. The van der Waals surface area contributed by atoms with Crippen molar-refractivity contribution in [3.8, 4) is 0 Å². The molecule has 1 aromatic heterocycles. The third kappa shape index (κ3) is 3.42. The molecule has 2 aliphatic heterocycles. The molecule has 2 aliphatic rings. The summed E-state index contributed by atoms with van der Waals surface area (Å²) in [5.41, 5.74) is 1.36. The first-order chi connectivity index (χ1) is 12.3. The van der Waals surface area contributed by atoms with Gasteiger partial charge in [0.05, 0.1) is 17.8 Å². The van der Waals surface area contributed by atoms with Crippen LogP contribution in [-0.2, 0) is 16.9 Å². The van der Waals surface area contributed by atoms with Gasteiger partial charge in [0.15, 0.2) is 5.82 Å². The molecule has 0 radical (unpaired) electrons. The number of carbonyl (C=O) groups is 2. The van der Waals surface area contributed by atoms with Crippen molar-refractivity contribution in [2.45, 2.75) is 52.1 Å². The summed E-state index contributed by atoms with van der Waals surface area (Å²) in [5.74, 6) is 0.793. The maximum Gasteiger partial charge on any atom is 0.320 e. The second kappa shape index (κ2) is 7.26. The number of anilines is 1. The number of fused-ring (bicyclic) bond motifs is 1. The largest absolute Gasteiger partial charge is 0.338 e. The van der Waals surface area contributed by atoms with E-state index >= 15 is 0 Å². The van der Waals surface area contributed by atoms with Gasteiger partial charge in [-0.05, 0) is 53.2 Å². The van der Waals surface area contributed by atoms with Gasteiger partial charge in [-0.1, -0.05) is 6.92 Å². The number of likely N-dealkylation sites (tertiary alicyclic amines) is 1. The summed E-state index contributed by atoms with van der Waals surface area (Å²) in [6.45, 7) is 9.08. The van der Waals surface area contributed by atoms with Crippen molar-refractivity contribution in [2.24, 2.45) is 5.92 Å². The standard InChI is InChI=1S/C18H30N6O2/c1-5-8-19-17(26)20-15-13-11-24(18(2,3)14(13)21-22-15)16(25)12-6-9-23(4)10-7-12/h12H,5-11H2,1-4H3,(H3,19,20,21,22,26). The monoisotopic (exact) mass is 362 g/mol. The van der Waals surface area contributed by atoms with E-state index < -0.39 is 5.54 Å². The molecule has 26 heavy (non-hydrogen) atoms. The minimum Gasteiger partial charge on any atom is -0.338 e. The molecule has 1 fully saturated rings. The van der Waals surface area contributed by atoms with Crippen molar-refractivity contribution >= 4 is 17.8 Å². The van der Waals surface area contributed by atoms with Crippen molar-refractivity contribution in [3.63, 3.8) is 0 Å². The second-order valence-electron chi connectivity index (χ2n) is 7.87. The highest BCUT2D eigenvalue weighted by Gasteiger charge is 2.45. The minimum atomic E-state index is -0.456. The third-order valence-corrected chi connectivity index (χ3v) is 5.57. The van der Waals surface area contributed by atoms with Gasteiger partial charge in [-0.2, -0.15) is 5.10 Å². The summed E-state index contributed by atoms with van der Waals surface area (Å²) in [5, 5.41) is 12.9. The van der Waals surface area contributed by atoms with Crippen LogP contribution >= 0.6 is 0 Å². The molecule has 0 aromatic carbocycles. The Balaban J connectivity index is 1.73. The van der Waals surface area contributed by atoms with Crippen LogP contribution in [0.5, 0.6) is 0 Å². The quantitative estimate of drug-likeness (QED) is 0.762. The molecule has 3 heterocycles. The lowest BCUT2D eigenvalue weighted by atomic mass is 9.93. The molecule has 144 valence electrons. The third-order valence-electron chi connectivity index (χ3n) is 5.57. The Hall–Kier alpha value is -2.09. The van der Waals surface area contributed by atoms with Crippen LogP contribution in [0.3, 0.4) is 0 Å². The highest BCUT2D eigenvalue weighted by Crippen LogP contribution is 2.41. The molecule has 3 N–H and O–H groups in total. The Bertz CT molecular complexity index is 675. The van der Waals surface area contributed by atoms with Crippen LogP contribution in [-0.4, -0.2) is 58.6 Å². The van der Waals surface area contributed by atoms with Gasteiger partial charge in [0.2, 0.25) is 5.91 Å². The van der Waals surface area contributed by atoms with Crippen molar-refractivity contribution in [3.05, 3.63) is 11.3 Å². The Morgan fingerprint density at radius 3 is 2.65 bits per heavy atom. The number of carbonyl (C=O) groups excluding carboxylic acids is 2. The van der Waals surface area contributed by atoms with Crippen molar-refractivity contribution in [1.82, 2.24) is 25.3 Å². The zero-order chi connectivity index (χ0) is 18.9. The predicted octanol–water partition coefficient (Wildman–Crippen LogP) is 1.86. The van der Waals surface area contributed by atoms with E-state index in [4.69, 9.17) is 0 Å². The van der Waals surface area contributed by atoms with Gasteiger partial charge in [0.25, 0.3) is 0 Å². The zero-order valence-corrected chi connectivity index (χ0v) is 16.2. The minimum absolute atomic E-state index is 0.0757. The number of hydrogen-bond acceptors (Lipinski definition) is 4. The van der Waals surface area contributed by atoms with E-state index in [0.29, 0.717) is 18.9 Å².